The molecule has 5 heteroatoms. The molecule has 128 valence electrons. The summed E-state index contributed by atoms with van der Waals surface area (Å²) in [5.41, 5.74) is 4.70. The van der Waals surface area contributed by atoms with Crippen LogP contribution < -0.4 is 0 Å². The van der Waals surface area contributed by atoms with Crippen LogP contribution in [0.25, 0.3) is 11.0 Å². The van der Waals surface area contributed by atoms with Crippen molar-refractivity contribution in [2.24, 2.45) is 0 Å². The van der Waals surface area contributed by atoms with Crippen molar-refractivity contribution in [2.45, 2.75) is 39.2 Å². The van der Waals surface area contributed by atoms with Gasteiger partial charge in [0.2, 0.25) is 5.91 Å². The van der Waals surface area contributed by atoms with E-state index in [1.807, 2.05) is 36.9 Å². The number of carbonyl (C=O) groups is 1. The van der Waals surface area contributed by atoms with Crippen molar-refractivity contribution in [3.05, 3.63) is 59.4 Å². The Balaban J connectivity index is 1.57. The van der Waals surface area contributed by atoms with Gasteiger partial charge >= 0.3 is 0 Å². The van der Waals surface area contributed by atoms with Gasteiger partial charge in [0.05, 0.1) is 36.3 Å². The summed E-state index contributed by atoms with van der Waals surface area (Å²) in [6.45, 7) is 4.73. The zero-order chi connectivity index (χ0) is 17.4. The van der Waals surface area contributed by atoms with E-state index in [2.05, 4.69) is 9.97 Å². The van der Waals surface area contributed by atoms with Crippen molar-refractivity contribution in [2.75, 3.05) is 6.54 Å². The number of furan rings is 1. The van der Waals surface area contributed by atoms with Crippen LogP contribution >= 0.6 is 0 Å². The number of aromatic nitrogens is 2. The van der Waals surface area contributed by atoms with E-state index in [4.69, 9.17) is 4.42 Å². The van der Waals surface area contributed by atoms with Crippen LogP contribution in [0, 0.1) is 13.8 Å². The highest BCUT2D eigenvalue weighted by molar-refractivity contribution is 5.88. The molecular weight excluding hydrogens is 314 g/mol. The number of likely N-dealkylation sites (tertiary alicyclic amines) is 1. The lowest BCUT2D eigenvalue weighted by molar-refractivity contribution is -0.131. The Hall–Kier alpha value is -2.69. The van der Waals surface area contributed by atoms with Crippen molar-refractivity contribution in [1.82, 2.24) is 14.9 Å². The molecule has 2 aromatic heterocycles. The molecule has 0 N–H and O–H groups in total. The van der Waals surface area contributed by atoms with Crippen molar-refractivity contribution in [1.29, 1.82) is 0 Å². The molecule has 4 rings (SSSR count). The van der Waals surface area contributed by atoms with Gasteiger partial charge in [-0.3, -0.25) is 14.8 Å². The predicted octanol–water partition coefficient (Wildman–Crippen LogP) is 3.75. The zero-order valence-electron chi connectivity index (χ0n) is 14.5. The number of carbonyl (C=O) groups excluding carboxylic acids is 1. The number of rotatable bonds is 3. The highest BCUT2D eigenvalue weighted by Gasteiger charge is 2.31. The fourth-order valence-corrected chi connectivity index (χ4v) is 3.61. The summed E-state index contributed by atoms with van der Waals surface area (Å²) in [5, 5.41) is 1.02. The lowest BCUT2D eigenvalue weighted by Gasteiger charge is -2.24. The predicted molar refractivity (Wildman–Crippen MR) is 95.1 cm³/mol. The van der Waals surface area contributed by atoms with Crippen LogP contribution in [0.2, 0.25) is 0 Å². The smallest absolute Gasteiger partial charge is 0.227 e. The highest BCUT2D eigenvalue weighted by atomic mass is 16.3. The second kappa shape index (κ2) is 6.31. The minimum atomic E-state index is 0.0281. The van der Waals surface area contributed by atoms with Gasteiger partial charge < -0.3 is 9.32 Å². The van der Waals surface area contributed by atoms with Crippen molar-refractivity contribution >= 4 is 16.9 Å². The Labute approximate surface area is 146 Å². The number of fused-ring (bicyclic) bond motifs is 1. The zero-order valence-corrected chi connectivity index (χ0v) is 14.5. The first-order valence-electron chi connectivity index (χ1n) is 8.66. The molecule has 3 aromatic rings. The first kappa shape index (κ1) is 15.8. The minimum absolute atomic E-state index is 0.0281. The van der Waals surface area contributed by atoms with Crippen molar-refractivity contribution in [3.63, 3.8) is 0 Å². The third-order valence-electron chi connectivity index (χ3n) is 4.84. The molecule has 1 aromatic carbocycles. The molecule has 1 amide bonds. The quantitative estimate of drug-likeness (QED) is 0.731. The van der Waals surface area contributed by atoms with Gasteiger partial charge in [0.25, 0.3) is 0 Å². The number of amides is 1. The average molecular weight is 335 g/mol. The first-order chi connectivity index (χ1) is 12.1. The van der Waals surface area contributed by atoms with Gasteiger partial charge in [-0.05, 0) is 38.3 Å². The maximum Gasteiger partial charge on any atom is 0.227 e. The van der Waals surface area contributed by atoms with Gasteiger partial charge in [-0.2, -0.15) is 0 Å². The van der Waals surface area contributed by atoms with E-state index in [1.165, 1.54) is 0 Å². The summed E-state index contributed by atoms with van der Waals surface area (Å²) in [5.74, 6) is 0.120. The molecule has 5 nitrogen and oxygen atoms in total. The van der Waals surface area contributed by atoms with Gasteiger partial charge in [0.1, 0.15) is 5.58 Å². The van der Waals surface area contributed by atoms with E-state index in [0.717, 1.165) is 52.9 Å². The third-order valence-corrected chi connectivity index (χ3v) is 4.84. The van der Waals surface area contributed by atoms with Crippen LogP contribution in [-0.4, -0.2) is 27.3 Å². The molecule has 0 radical (unpaired) electrons. The topological polar surface area (TPSA) is 59.2 Å². The normalized spacial score (nSPS) is 17.4. The maximum absolute atomic E-state index is 12.9. The van der Waals surface area contributed by atoms with E-state index in [1.54, 1.807) is 18.7 Å². The van der Waals surface area contributed by atoms with Gasteiger partial charge in [0, 0.05) is 23.7 Å². The van der Waals surface area contributed by atoms with E-state index in [9.17, 15) is 4.79 Å². The van der Waals surface area contributed by atoms with E-state index < -0.39 is 0 Å². The highest BCUT2D eigenvalue weighted by Crippen LogP contribution is 2.32. The molecule has 1 aliphatic rings. The van der Waals surface area contributed by atoms with Gasteiger partial charge in [0.15, 0.2) is 0 Å². The van der Waals surface area contributed by atoms with Gasteiger partial charge in [-0.1, -0.05) is 12.1 Å². The van der Waals surface area contributed by atoms with Crippen LogP contribution in [0.4, 0.5) is 0 Å². The molecule has 0 bridgehead atoms. The SMILES string of the molecule is Cc1ccc2c(CC(=O)N3CCCC3c3cncc(C)n3)coc2c1. The monoisotopic (exact) mass is 335 g/mol. The molecule has 3 heterocycles. The summed E-state index contributed by atoms with van der Waals surface area (Å²) in [4.78, 5) is 23.7. The standard InChI is InChI=1S/C20H21N3O2/c1-13-5-6-16-15(12-25-19(16)8-13)9-20(24)23-7-3-4-18(23)17-11-21-10-14(2)22-17/h5-6,8,10-12,18H,3-4,7,9H2,1-2H3. The summed E-state index contributed by atoms with van der Waals surface area (Å²) in [7, 11) is 0. The molecule has 0 saturated carbocycles. The Morgan fingerprint density at radius 3 is 3.04 bits per heavy atom. The molecule has 1 unspecified atom stereocenters. The molecule has 0 spiro atoms. The van der Waals surface area contributed by atoms with E-state index in [-0.39, 0.29) is 11.9 Å². The lowest BCUT2D eigenvalue weighted by atomic mass is 10.1. The van der Waals surface area contributed by atoms with Crippen molar-refractivity contribution < 1.29 is 9.21 Å². The van der Waals surface area contributed by atoms with Gasteiger partial charge in [-0.25, -0.2) is 0 Å². The van der Waals surface area contributed by atoms with Crippen LogP contribution in [-0.2, 0) is 11.2 Å². The number of nitrogens with zero attached hydrogens (tertiary/aromatic N) is 3. The molecule has 1 fully saturated rings. The van der Waals surface area contributed by atoms with Gasteiger partial charge in [-0.15, -0.1) is 0 Å². The van der Waals surface area contributed by atoms with E-state index >= 15 is 0 Å². The second-order valence-corrected chi connectivity index (χ2v) is 6.77. The molecule has 1 saturated heterocycles. The summed E-state index contributed by atoms with van der Waals surface area (Å²) < 4.78 is 5.63. The van der Waals surface area contributed by atoms with Crippen LogP contribution in [0.5, 0.6) is 0 Å². The number of benzene rings is 1. The Morgan fingerprint density at radius 1 is 1.32 bits per heavy atom. The first-order valence-corrected chi connectivity index (χ1v) is 8.66. The van der Waals surface area contributed by atoms with Crippen LogP contribution in [0.15, 0.2) is 41.3 Å². The summed E-state index contributed by atoms with van der Waals surface area (Å²) in [6, 6.07) is 6.11. The van der Waals surface area contributed by atoms with E-state index in [0.29, 0.717) is 6.42 Å². The Kier molecular flexibility index (Phi) is 3.99. The van der Waals surface area contributed by atoms with Crippen LogP contribution in [0.1, 0.15) is 41.4 Å². The summed E-state index contributed by atoms with van der Waals surface area (Å²) >= 11 is 0. The fraction of sp³-hybridized carbons (Fsp3) is 0.350. The molecule has 0 aliphatic carbocycles. The number of hydrogen-bond acceptors (Lipinski definition) is 4. The summed E-state index contributed by atoms with van der Waals surface area (Å²) in [6.07, 6.45) is 7.52. The Morgan fingerprint density at radius 2 is 2.20 bits per heavy atom. The van der Waals surface area contributed by atoms with Crippen molar-refractivity contribution in [3.8, 4) is 0 Å². The largest absolute Gasteiger partial charge is 0.464 e. The minimum Gasteiger partial charge on any atom is -0.464 e. The molecule has 1 atom stereocenters. The number of aryl methyl sites for hydroxylation is 2. The molecule has 25 heavy (non-hydrogen) atoms. The maximum atomic E-state index is 12.9. The lowest BCUT2D eigenvalue weighted by Crippen LogP contribution is -2.32. The molecular formula is C20H21N3O2. The second-order valence-electron chi connectivity index (χ2n) is 6.77. The van der Waals surface area contributed by atoms with Crippen LogP contribution in [0.3, 0.4) is 0 Å². The number of hydrogen-bond donors (Lipinski definition) is 0. The fourth-order valence-electron chi connectivity index (χ4n) is 3.61. The third kappa shape index (κ3) is 3.02. The Bertz CT molecular complexity index is 932. The average Bonchev–Trinajstić information content (AvgIpc) is 3.22. The molecule has 1 aliphatic heterocycles.